The van der Waals surface area contributed by atoms with E-state index >= 15 is 0 Å². The van der Waals surface area contributed by atoms with E-state index in [1.807, 2.05) is 42.5 Å². The van der Waals surface area contributed by atoms with Crippen molar-refractivity contribution in [2.45, 2.75) is 6.42 Å². The Kier molecular flexibility index (Phi) is 5.08. The van der Waals surface area contributed by atoms with Gasteiger partial charge in [-0.25, -0.2) is 8.42 Å². The molecule has 2 aromatic rings. The molecule has 1 aliphatic rings. The summed E-state index contributed by atoms with van der Waals surface area (Å²) in [6.45, 7) is 0.386. The van der Waals surface area contributed by atoms with E-state index in [-0.39, 0.29) is 23.3 Å². The smallest absolute Gasteiger partial charge is 0.251 e. The van der Waals surface area contributed by atoms with Gasteiger partial charge in [0.15, 0.2) is 9.84 Å². The predicted molar refractivity (Wildman–Crippen MR) is 97.5 cm³/mol. The van der Waals surface area contributed by atoms with Crippen LogP contribution in [0.5, 0.6) is 5.75 Å². The number of rotatable bonds is 5. The molecule has 0 saturated carbocycles. The summed E-state index contributed by atoms with van der Waals surface area (Å²) in [7, 11) is -1.31. The number of carbonyl (C=O) groups excluding carboxylic acids is 1. The highest BCUT2D eigenvalue weighted by Gasteiger charge is 2.28. The summed E-state index contributed by atoms with van der Waals surface area (Å²) < 4.78 is 28.4. The van der Waals surface area contributed by atoms with E-state index in [2.05, 4.69) is 5.32 Å². The summed E-state index contributed by atoms with van der Waals surface area (Å²) in [6, 6.07) is 15.0. The summed E-state index contributed by atoms with van der Waals surface area (Å²) in [5.41, 5.74) is 2.36. The Balaban J connectivity index is 1.72. The van der Waals surface area contributed by atoms with Gasteiger partial charge in [-0.2, -0.15) is 0 Å². The van der Waals surface area contributed by atoms with Gasteiger partial charge in [0.05, 0.1) is 18.6 Å². The fraction of sp³-hybridized carbons (Fsp3) is 0.316. The Labute approximate surface area is 147 Å². The molecule has 1 N–H and O–H groups in total. The fourth-order valence-corrected chi connectivity index (χ4v) is 4.95. The van der Waals surface area contributed by atoms with Crippen LogP contribution in [0, 0.1) is 5.92 Å². The molecule has 0 unspecified atom stereocenters. The summed E-state index contributed by atoms with van der Waals surface area (Å²) in [4.78, 5) is 12.4. The molecule has 25 heavy (non-hydrogen) atoms. The van der Waals surface area contributed by atoms with E-state index in [9.17, 15) is 13.2 Å². The lowest BCUT2D eigenvalue weighted by molar-refractivity contribution is 0.0948. The Bertz CT molecular complexity index is 876. The van der Waals surface area contributed by atoms with E-state index in [4.69, 9.17) is 4.74 Å². The van der Waals surface area contributed by atoms with Crippen LogP contribution < -0.4 is 10.1 Å². The van der Waals surface area contributed by atoms with Crippen molar-refractivity contribution in [1.82, 2.24) is 5.32 Å². The van der Waals surface area contributed by atoms with Gasteiger partial charge in [0.2, 0.25) is 0 Å². The number of nitrogens with one attached hydrogen (secondary N) is 1. The summed E-state index contributed by atoms with van der Waals surface area (Å²) >= 11 is 0. The molecular formula is C19H21NO4S. The van der Waals surface area contributed by atoms with Crippen molar-refractivity contribution in [3.63, 3.8) is 0 Å². The molecule has 5 nitrogen and oxygen atoms in total. The number of methoxy groups -OCH3 is 1. The zero-order valence-electron chi connectivity index (χ0n) is 14.1. The molecule has 2 aromatic carbocycles. The van der Waals surface area contributed by atoms with Crippen LogP contribution in [0.2, 0.25) is 0 Å². The molecule has 1 heterocycles. The first-order chi connectivity index (χ1) is 12.0. The standard InChI is InChI=1S/C19H21NO4S/c1-24-18-8-3-2-7-17(18)15-5-4-6-16(11-15)19(21)20-12-14-9-10-25(22,23)13-14/h2-8,11,14H,9-10,12-13H2,1H3,(H,20,21)/t14-/m1/s1. The average Bonchev–Trinajstić information content (AvgIpc) is 2.98. The molecule has 3 rings (SSSR count). The number of para-hydroxylation sites is 1. The normalized spacial score (nSPS) is 18.7. The topological polar surface area (TPSA) is 72.5 Å². The number of carbonyl (C=O) groups is 1. The van der Waals surface area contributed by atoms with Crippen LogP contribution in [-0.4, -0.2) is 39.5 Å². The monoisotopic (exact) mass is 359 g/mol. The number of hydrogen-bond donors (Lipinski definition) is 1. The van der Waals surface area contributed by atoms with Gasteiger partial charge < -0.3 is 10.1 Å². The third-order valence-corrected chi connectivity index (χ3v) is 6.26. The van der Waals surface area contributed by atoms with Gasteiger partial charge in [-0.15, -0.1) is 0 Å². The number of ether oxygens (including phenoxy) is 1. The molecule has 1 atom stereocenters. The van der Waals surface area contributed by atoms with Crippen molar-refractivity contribution >= 4 is 15.7 Å². The second-order valence-electron chi connectivity index (χ2n) is 6.26. The lowest BCUT2D eigenvalue weighted by atomic mass is 10.0. The van der Waals surface area contributed by atoms with Gasteiger partial charge in [-0.05, 0) is 36.1 Å². The molecule has 0 aliphatic carbocycles. The maximum absolute atomic E-state index is 12.4. The minimum absolute atomic E-state index is 0.00588. The van der Waals surface area contributed by atoms with Crippen molar-refractivity contribution < 1.29 is 17.9 Å². The second-order valence-corrected chi connectivity index (χ2v) is 8.49. The zero-order valence-corrected chi connectivity index (χ0v) is 14.9. The summed E-state index contributed by atoms with van der Waals surface area (Å²) in [5.74, 6) is 0.939. The average molecular weight is 359 g/mol. The fourth-order valence-electron chi connectivity index (χ4n) is 3.08. The maximum Gasteiger partial charge on any atom is 0.251 e. The van der Waals surface area contributed by atoms with Crippen LogP contribution in [0.25, 0.3) is 11.1 Å². The second kappa shape index (κ2) is 7.27. The highest BCUT2D eigenvalue weighted by atomic mass is 32.2. The molecule has 0 aromatic heterocycles. The first-order valence-corrected chi connectivity index (χ1v) is 10.0. The molecule has 1 fully saturated rings. The van der Waals surface area contributed by atoms with Crippen molar-refractivity contribution in [3.05, 3.63) is 54.1 Å². The minimum Gasteiger partial charge on any atom is -0.496 e. The Morgan fingerprint density at radius 3 is 2.72 bits per heavy atom. The van der Waals surface area contributed by atoms with Gasteiger partial charge in [0.1, 0.15) is 5.75 Å². The largest absolute Gasteiger partial charge is 0.496 e. The van der Waals surface area contributed by atoms with Gasteiger partial charge >= 0.3 is 0 Å². The summed E-state index contributed by atoms with van der Waals surface area (Å²) in [5, 5.41) is 2.85. The molecular weight excluding hydrogens is 338 g/mol. The van der Waals surface area contributed by atoms with Gasteiger partial charge in [0, 0.05) is 17.7 Å². The lowest BCUT2D eigenvalue weighted by Gasteiger charge is -2.12. The quantitative estimate of drug-likeness (QED) is 0.890. The van der Waals surface area contributed by atoms with Gasteiger partial charge in [-0.3, -0.25) is 4.79 Å². The van der Waals surface area contributed by atoms with Crippen LogP contribution in [0.15, 0.2) is 48.5 Å². The molecule has 1 saturated heterocycles. The number of benzene rings is 2. The molecule has 6 heteroatoms. The van der Waals surface area contributed by atoms with Crippen molar-refractivity contribution in [1.29, 1.82) is 0 Å². The van der Waals surface area contributed by atoms with E-state index < -0.39 is 9.84 Å². The molecule has 1 amide bonds. The molecule has 132 valence electrons. The number of amides is 1. The van der Waals surface area contributed by atoms with Crippen LogP contribution in [0.1, 0.15) is 16.8 Å². The van der Waals surface area contributed by atoms with Gasteiger partial charge in [0.25, 0.3) is 5.91 Å². The van der Waals surface area contributed by atoms with Crippen molar-refractivity contribution in [3.8, 4) is 16.9 Å². The third-order valence-electron chi connectivity index (χ3n) is 4.42. The number of sulfone groups is 1. The SMILES string of the molecule is COc1ccccc1-c1cccc(C(=O)NC[C@H]2CCS(=O)(=O)C2)c1. The zero-order chi connectivity index (χ0) is 17.9. The highest BCUT2D eigenvalue weighted by Crippen LogP contribution is 2.30. The highest BCUT2D eigenvalue weighted by molar-refractivity contribution is 7.91. The van der Waals surface area contributed by atoms with Crippen LogP contribution in [0.4, 0.5) is 0 Å². The molecule has 0 spiro atoms. The predicted octanol–water partition coefficient (Wildman–Crippen LogP) is 2.53. The number of hydrogen-bond acceptors (Lipinski definition) is 4. The maximum atomic E-state index is 12.4. The first-order valence-electron chi connectivity index (χ1n) is 8.20. The third kappa shape index (κ3) is 4.20. The van der Waals surface area contributed by atoms with E-state index in [0.717, 1.165) is 16.9 Å². The Hall–Kier alpha value is -2.34. The van der Waals surface area contributed by atoms with Crippen LogP contribution in [0.3, 0.4) is 0 Å². The lowest BCUT2D eigenvalue weighted by Crippen LogP contribution is -2.29. The summed E-state index contributed by atoms with van der Waals surface area (Å²) in [6.07, 6.45) is 0.615. The molecule has 1 aliphatic heterocycles. The van der Waals surface area contributed by atoms with Crippen LogP contribution in [-0.2, 0) is 9.84 Å². The van der Waals surface area contributed by atoms with E-state index in [0.29, 0.717) is 18.5 Å². The Morgan fingerprint density at radius 2 is 2.00 bits per heavy atom. The van der Waals surface area contributed by atoms with Crippen molar-refractivity contribution in [2.24, 2.45) is 5.92 Å². The van der Waals surface area contributed by atoms with Gasteiger partial charge in [-0.1, -0.05) is 30.3 Å². The first kappa shape index (κ1) is 17.5. The van der Waals surface area contributed by atoms with Crippen LogP contribution >= 0.6 is 0 Å². The molecule has 0 bridgehead atoms. The van der Waals surface area contributed by atoms with E-state index in [1.165, 1.54) is 0 Å². The molecule has 0 radical (unpaired) electrons. The minimum atomic E-state index is -2.92. The van der Waals surface area contributed by atoms with E-state index in [1.54, 1.807) is 13.2 Å². The Morgan fingerprint density at radius 1 is 1.20 bits per heavy atom. The van der Waals surface area contributed by atoms with Crippen molar-refractivity contribution in [2.75, 3.05) is 25.2 Å².